The highest BCUT2D eigenvalue weighted by molar-refractivity contribution is 5.85. The van der Waals surface area contributed by atoms with Crippen LogP contribution in [0, 0.1) is 5.92 Å². The molecule has 0 radical (unpaired) electrons. The molecule has 8 heteroatoms. The first-order valence-corrected chi connectivity index (χ1v) is 9.36. The van der Waals surface area contributed by atoms with E-state index in [0.717, 1.165) is 44.6 Å². The van der Waals surface area contributed by atoms with Crippen LogP contribution in [0.5, 0.6) is 11.5 Å². The molecule has 1 aromatic rings. The number of nitrogens with zero attached hydrogens (tertiary/aromatic N) is 1. The molecule has 2 aliphatic rings. The number of benzene rings is 1. The van der Waals surface area contributed by atoms with E-state index in [1.807, 2.05) is 0 Å². The second-order valence-electron chi connectivity index (χ2n) is 7.08. The van der Waals surface area contributed by atoms with E-state index < -0.39 is 6.36 Å². The Morgan fingerprint density at radius 2 is 1.78 bits per heavy atom. The zero-order chi connectivity index (χ0) is 18.6. The lowest BCUT2D eigenvalue weighted by molar-refractivity contribution is -0.274. The van der Waals surface area contributed by atoms with Crippen molar-refractivity contribution >= 4 is 12.4 Å². The first kappa shape index (κ1) is 22.1. The minimum absolute atomic E-state index is 0. The van der Waals surface area contributed by atoms with E-state index in [2.05, 4.69) is 15.0 Å². The average Bonchev–Trinajstić information content (AvgIpc) is 2.63. The van der Waals surface area contributed by atoms with E-state index in [1.165, 1.54) is 31.4 Å². The van der Waals surface area contributed by atoms with Gasteiger partial charge in [0.25, 0.3) is 0 Å². The fourth-order valence-electron chi connectivity index (χ4n) is 4.30. The smallest absolute Gasteiger partial charge is 0.496 e. The van der Waals surface area contributed by atoms with Crippen LogP contribution in [0.3, 0.4) is 0 Å². The Kier molecular flexibility index (Phi) is 8.06. The van der Waals surface area contributed by atoms with Gasteiger partial charge in [0.05, 0.1) is 7.11 Å². The molecule has 1 saturated heterocycles. The number of alkyl halides is 3. The summed E-state index contributed by atoms with van der Waals surface area (Å²) in [6, 6.07) is 4.50. The quantitative estimate of drug-likeness (QED) is 0.775. The fourth-order valence-corrected chi connectivity index (χ4v) is 4.30. The lowest BCUT2D eigenvalue weighted by atomic mass is 9.79. The number of piperazine rings is 1. The number of nitrogens with one attached hydrogen (secondary N) is 1. The van der Waals surface area contributed by atoms with Crippen molar-refractivity contribution in [2.45, 2.75) is 44.5 Å². The summed E-state index contributed by atoms with van der Waals surface area (Å²) in [7, 11) is 1.57. The SMILES string of the molecule is COc1ccc(OC(F)(F)F)cc1[C@@H](C1CCCCC1)N1CCNCC1.Cl. The molecular weight excluding hydrogens is 381 g/mol. The van der Waals surface area contributed by atoms with Crippen molar-refractivity contribution in [1.29, 1.82) is 0 Å². The summed E-state index contributed by atoms with van der Waals surface area (Å²) in [4.78, 5) is 2.39. The minimum atomic E-state index is -4.69. The summed E-state index contributed by atoms with van der Waals surface area (Å²) in [5.74, 6) is 0.884. The van der Waals surface area contributed by atoms with Gasteiger partial charge in [-0.2, -0.15) is 0 Å². The maximum absolute atomic E-state index is 12.7. The van der Waals surface area contributed by atoms with Crippen molar-refractivity contribution in [1.82, 2.24) is 10.2 Å². The Balaban J connectivity index is 0.00000261. The molecular formula is C19H28ClF3N2O2. The third-order valence-electron chi connectivity index (χ3n) is 5.39. The maximum Gasteiger partial charge on any atom is 0.573 e. The third kappa shape index (κ3) is 5.90. The molecule has 1 atom stereocenters. The maximum atomic E-state index is 12.7. The Morgan fingerprint density at radius 3 is 2.37 bits per heavy atom. The highest BCUT2D eigenvalue weighted by Crippen LogP contribution is 2.43. The van der Waals surface area contributed by atoms with Gasteiger partial charge in [0, 0.05) is 37.8 Å². The fraction of sp³-hybridized carbons (Fsp3) is 0.684. The van der Waals surface area contributed by atoms with E-state index >= 15 is 0 Å². The van der Waals surface area contributed by atoms with Gasteiger partial charge in [0.1, 0.15) is 11.5 Å². The van der Waals surface area contributed by atoms with Crippen molar-refractivity contribution in [2.24, 2.45) is 5.92 Å². The normalized spacial score (nSPS) is 20.6. The van der Waals surface area contributed by atoms with Crippen molar-refractivity contribution in [2.75, 3.05) is 33.3 Å². The zero-order valence-electron chi connectivity index (χ0n) is 15.6. The van der Waals surface area contributed by atoms with Crippen LogP contribution in [-0.4, -0.2) is 44.6 Å². The van der Waals surface area contributed by atoms with Gasteiger partial charge in [0.15, 0.2) is 0 Å². The van der Waals surface area contributed by atoms with Crippen molar-refractivity contribution in [3.63, 3.8) is 0 Å². The topological polar surface area (TPSA) is 33.7 Å². The first-order chi connectivity index (χ1) is 12.5. The summed E-state index contributed by atoms with van der Waals surface area (Å²) in [5.41, 5.74) is 0.808. The minimum Gasteiger partial charge on any atom is -0.496 e. The molecule has 3 rings (SSSR count). The van der Waals surface area contributed by atoms with Gasteiger partial charge >= 0.3 is 6.36 Å². The molecule has 0 amide bonds. The van der Waals surface area contributed by atoms with Gasteiger partial charge in [-0.1, -0.05) is 19.3 Å². The number of methoxy groups -OCH3 is 1. The average molecular weight is 409 g/mol. The molecule has 0 spiro atoms. The van der Waals surface area contributed by atoms with Crippen LogP contribution in [0.1, 0.15) is 43.7 Å². The Labute approximate surface area is 164 Å². The van der Waals surface area contributed by atoms with Crippen LogP contribution >= 0.6 is 12.4 Å². The zero-order valence-corrected chi connectivity index (χ0v) is 16.4. The summed E-state index contributed by atoms with van der Waals surface area (Å²) >= 11 is 0. The summed E-state index contributed by atoms with van der Waals surface area (Å²) in [6.45, 7) is 3.55. The molecule has 1 aliphatic heterocycles. The number of hydrogen-bond acceptors (Lipinski definition) is 4. The molecule has 1 heterocycles. The highest BCUT2D eigenvalue weighted by Gasteiger charge is 2.35. The lowest BCUT2D eigenvalue weighted by Gasteiger charge is -2.41. The summed E-state index contributed by atoms with van der Waals surface area (Å²) < 4.78 is 47.8. The molecule has 154 valence electrons. The highest BCUT2D eigenvalue weighted by atomic mass is 35.5. The van der Waals surface area contributed by atoms with Crippen LogP contribution in [0.2, 0.25) is 0 Å². The third-order valence-corrected chi connectivity index (χ3v) is 5.39. The predicted octanol–water partition coefficient (Wildman–Crippen LogP) is 4.54. The molecule has 27 heavy (non-hydrogen) atoms. The van der Waals surface area contributed by atoms with Crippen molar-refractivity contribution < 1.29 is 22.6 Å². The van der Waals surface area contributed by atoms with Crippen molar-refractivity contribution in [3.05, 3.63) is 23.8 Å². The number of rotatable bonds is 5. The number of ether oxygens (including phenoxy) is 2. The van der Waals surface area contributed by atoms with Crippen LogP contribution in [0.25, 0.3) is 0 Å². The van der Waals surface area contributed by atoms with Gasteiger partial charge in [-0.25, -0.2) is 0 Å². The second-order valence-corrected chi connectivity index (χ2v) is 7.08. The molecule has 1 saturated carbocycles. The molecule has 1 aromatic carbocycles. The first-order valence-electron chi connectivity index (χ1n) is 9.36. The largest absolute Gasteiger partial charge is 0.573 e. The number of halogens is 4. The Morgan fingerprint density at radius 1 is 1.11 bits per heavy atom. The van der Waals surface area contributed by atoms with Crippen LogP contribution in [-0.2, 0) is 0 Å². The summed E-state index contributed by atoms with van der Waals surface area (Å²) in [5, 5.41) is 3.35. The number of hydrogen-bond donors (Lipinski definition) is 1. The molecule has 0 bridgehead atoms. The molecule has 1 N–H and O–H groups in total. The van der Waals surface area contributed by atoms with Crippen LogP contribution in [0.15, 0.2) is 18.2 Å². The molecule has 1 aliphatic carbocycles. The molecule has 0 aromatic heterocycles. The van der Waals surface area contributed by atoms with Gasteiger partial charge in [0.2, 0.25) is 0 Å². The standard InChI is InChI=1S/C19H27F3N2O2.ClH/c1-25-17-8-7-15(26-19(20,21)22)13-16(17)18(14-5-3-2-4-6-14)24-11-9-23-10-12-24;/h7-8,13-14,18,23H,2-6,9-12H2,1H3;1H/t18-;/m1./s1. The monoisotopic (exact) mass is 408 g/mol. The Hall–Kier alpha value is -1.18. The second kappa shape index (κ2) is 9.85. The van der Waals surface area contributed by atoms with E-state index in [1.54, 1.807) is 13.2 Å². The predicted molar refractivity (Wildman–Crippen MR) is 101 cm³/mol. The van der Waals surface area contributed by atoms with Gasteiger partial charge in [-0.15, -0.1) is 25.6 Å². The Bertz CT molecular complexity index is 571. The van der Waals surface area contributed by atoms with Crippen LogP contribution in [0.4, 0.5) is 13.2 Å². The lowest BCUT2D eigenvalue weighted by Crippen LogP contribution is -2.47. The van der Waals surface area contributed by atoms with Gasteiger partial charge in [-0.05, 0) is 37.0 Å². The van der Waals surface area contributed by atoms with Gasteiger partial charge < -0.3 is 14.8 Å². The van der Waals surface area contributed by atoms with Gasteiger partial charge in [-0.3, -0.25) is 4.90 Å². The van der Waals surface area contributed by atoms with Crippen LogP contribution < -0.4 is 14.8 Å². The van der Waals surface area contributed by atoms with E-state index in [-0.39, 0.29) is 24.2 Å². The molecule has 0 unspecified atom stereocenters. The van der Waals surface area contributed by atoms with E-state index in [0.29, 0.717) is 11.7 Å². The van der Waals surface area contributed by atoms with E-state index in [9.17, 15) is 13.2 Å². The molecule has 2 fully saturated rings. The van der Waals surface area contributed by atoms with Crippen molar-refractivity contribution in [3.8, 4) is 11.5 Å². The van der Waals surface area contributed by atoms with E-state index in [4.69, 9.17) is 4.74 Å². The summed E-state index contributed by atoms with van der Waals surface area (Å²) in [6.07, 6.45) is 1.09. The molecule has 4 nitrogen and oxygen atoms in total.